The molecule has 0 aliphatic carbocycles. The van der Waals surface area contributed by atoms with Crippen molar-refractivity contribution in [3.8, 4) is 11.5 Å². The Kier molecular flexibility index (Phi) is 4.64. The van der Waals surface area contributed by atoms with E-state index < -0.39 is 17.8 Å². The van der Waals surface area contributed by atoms with Crippen LogP contribution in [0.15, 0.2) is 48.0 Å². The first-order valence-corrected chi connectivity index (χ1v) is 7.83. The molecule has 2 aromatic rings. The van der Waals surface area contributed by atoms with Gasteiger partial charge in [-0.2, -0.15) is 0 Å². The van der Waals surface area contributed by atoms with Crippen LogP contribution < -0.4 is 15.0 Å². The summed E-state index contributed by atoms with van der Waals surface area (Å²) in [4.78, 5) is 37.8. The Hall–Kier alpha value is -3.32. The molecule has 0 aromatic heterocycles. The third-order valence-corrected chi connectivity index (χ3v) is 4.03. The SMILES string of the molecule is COc1cc(/C=C2\C(=O)NC(=O)N(c3ccccc3Cl)C2=O)ccc1O. The molecule has 4 amide bonds. The molecular formula is C18H13ClN2O5. The van der Waals surface area contributed by atoms with Gasteiger partial charge < -0.3 is 9.84 Å². The van der Waals surface area contributed by atoms with E-state index in [1.54, 1.807) is 12.1 Å². The second kappa shape index (κ2) is 6.89. The summed E-state index contributed by atoms with van der Waals surface area (Å²) in [6.45, 7) is 0. The number of carbonyl (C=O) groups is 3. The summed E-state index contributed by atoms with van der Waals surface area (Å²) in [6.07, 6.45) is 1.30. The van der Waals surface area contributed by atoms with Crippen molar-refractivity contribution in [2.45, 2.75) is 0 Å². The highest BCUT2D eigenvalue weighted by molar-refractivity contribution is 6.42. The van der Waals surface area contributed by atoms with Gasteiger partial charge >= 0.3 is 6.03 Å². The molecule has 0 atom stereocenters. The summed E-state index contributed by atoms with van der Waals surface area (Å²) < 4.78 is 5.00. The number of halogens is 1. The molecule has 26 heavy (non-hydrogen) atoms. The molecule has 1 aliphatic heterocycles. The number of ether oxygens (including phenoxy) is 1. The number of nitrogens with one attached hydrogen (secondary N) is 1. The number of phenols is 1. The zero-order valence-corrected chi connectivity index (χ0v) is 14.3. The Morgan fingerprint density at radius 3 is 2.58 bits per heavy atom. The Bertz CT molecular complexity index is 954. The normalized spacial score (nSPS) is 16.0. The molecule has 1 heterocycles. The average molecular weight is 373 g/mol. The molecule has 3 rings (SSSR count). The zero-order valence-electron chi connectivity index (χ0n) is 13.5. The van der Waals surface area contributed by atoms with E-state index in [4.69, 9.17) is 16.3 Å². The number of aromatic hydroxyl groups is 1. The lowest BCUT2D eigenvalue weighted by atomic mass is 10.1. The van der Waals surface area contributed by atoms with Gasteiger partial charge in [0.1, 0.15) is 5.57 Å². The topological polar surface area (TPSA) is 95.9 Å². The predicted octanol–water partition coefficient (Wildman–Crippen LogP) is 2.72. The van der Waals surface area contributed by atoms with Crippen LogP contribution in [-0.2, 0) is 9.59 Å². The van der Waals surface area contributed by atoms with Crippen molar-refractivity contribution in [2.75, 3.05) is 12.0 Å². The molecule has 1 aliphatic rings. The molecule has 8 heteroatoms. The largest absolute Gasteiger partial charge is 0.504 e. The molecule has 7 nitrogen and oxygen atoms in total. The van der Waals surface area contributed by atoms with Crippen molar-refractivity contribution in [1.82, 2.24) is 5.32 Å². The number of nitrogens with zero attached hydrogens (tertiary/aromatic N) is 1. The summed E-state index contributed by atoms with van der Waals surface area (Å²) in [5, 5.41) is 11.9. The van der Waals surface area contributed by atoms with Crippen molar-refractivity contribution in [1.29, 1.82) is 0 Å². The van der Waals surface area contributed by atoms with Gasteiger partial charge in [0, 0.05) is 0 Å². The Morgan fingerprint density at radius 1 is 1.15 bits per heavy atom. The van der Waals surface area contributed by atoms with Gasteiger partial charge in [0.2, 0.25) is 0 Å². The van der Waals surface area contributed by atoms with Crippen molar-refractivity contribution < 1.29 is 24.2 Å². The van der Waals surface area contributed by atoms with Crippen molar-refractivity contribution >= 4 is 41.2 Å². The van der Waals surface area contributed by atoms with E-state index >= 15 is 0 Å². The number of hydrogen-bond acceptors (Lipinski definition) is 5. The van der Waals surface area contributed by atoms with Crippen LogP contribution in [0, 0.1) is 0 Å². The van der Waals surface area contributed by atoms with Gasteiger partial charge in [-0.15, -0.1) is 0 Å². The standard InChI is InChI=1S/C18H13ClN2O5/c1-26-15-9-10(6-7-14(15)22)8-11-16(23)20-18(25)21(17(11)24)13-5-3-2-4-12(13)19/h2-9,22H,1H3,(H,20,23,25)/b11-8+. The van der Waals surface area contributed by atoms with Crippen LogP contribution in [0.25, 0.3) is 6.08 Å². The molecule has 2 aromatic carbocycles. The van der Waals surface area contributed by atoms with Gasteiger partial charge in [-0.05, 0) is 35.9 Å². The maximum atomic E-state index is 12.8. The maximum absolute atomic E-state index is 12.8. The van der Waals surface area contributed by atoms with Gasteiger partial charge in [0.05, 0.1) is 17.8 Å². The minimum absolute atomic E-state index is 0.0815. The number of amides is 4. The van der Waals surface area contributed by atoms with Crippen LogP contribution in [-0.4, -0.2) is 30.1 Å². The van der Waals surface area contributed by atoms with E-state index in [9.17, 15) is 19.5 Å². The van der Waals surface area contributed by atoms with E-state index in [2.05, 4.69) is 5.32 Å². The Balaban J connectivity index is 2.04. The minimum Gasteiger partial charge on any atom is -0.504 e. The quantitative estimate of drug-likeness (QED) is 0.638. The number of carbonyl (C=O) groups excluding carboxylic acids is 3. The number of anilines is 1. The van der Waals surface area contributed by atoms with Gasteiger partial charge in [-0.3, -0.25) is 14.9 Å². The first kappa shape index (κ1) is 17.5. The Morgan fingerprint density at radius 2 is 1.88 bits per heavy atom. The van der Waals surface area contributed by atoms with Crippen molar-refractivity contribution in [3.63, 3.8) is 0 Å². The monoisotopic (exact) mass is 372 g/mol. The number of phenolic OH excluding ortho intramolecular Hbond substituents is 1. The second-order valence-corrected chi connectivity index (χ2v) is 5.75. The van der Waals surface area contributed by atoms with Gasteiger partial charge in [0.15, 0.2) is 11.5 Å². The highest BCUT2D eigenvalue weighted by Gasteiger charge is 2.37. The fraction of sp³-hybridized carbons (Fsp3) is 0.0556. The van der Waals surface area contributed by atoms with E-state index in [0.29, 0.717) is 5.56 Å². The molecule has 2 N–H and O–H groups in total. The number of urea groups is 1. The number of hydrogen-bond donors (Lipinski definition) is 2. The second-order valence-electron chi connectivity index (χ2n) is 5.34. The summed E-state index contributed by atoms with van der Waals surface area (Å²) >= 11 is 6.07. The lowest BCUT2D eigenvalue weighted by Crippen LogP contribution is -2.54. The average Bonchev–Trinajstić information content (AvgIpc) is 2.61. The summed E-state index contributed by atoms with van der Waals surface area (Å²) in [5.41, 5.74) is 0.349. The van der Waals surface area contributed by atoms with Crippen molar-refractivity contribution in [3.05, 3.63) is 58.6 Å². The van der Waals surface area contributed by atoms with E-state index in [1.807, 2.05) is 0 Å². The summed E-state index contributed by atoms with van der Waals surface area (Å²) in [6, 6.07) is 9.75. The molecule has 0 radical (unpaired) electrons. The van der Waals surface area contributed by atoms with E-state index in [-0.39, 0.29) is 27.8 Å². The maximum Gasteiger partial charge on any atom is 0.335 e. The van der Waals surface area contributed by atoms with Crippen LogP contribution in [0.1, 0.15) is 5.56 Å². The van der Waals surface area contributed by atoms with E-state index in [1.165, 1.54) is 43.5 Å². The van der Waals surface area contributed by atoms with Gasteiger partial charge in [0.25, 0.3) is 11.8 Å². The van der Waals surface area contributed by atoms with Crippen LogP contribution >= 0.6 is 11.6 Å². The molecular weight excluding hydrogens is 360 g/mol. The lowest BCUT2D eigenvalue weighted by molar-refractivity contribution is -0.122. The van der Waals surface area contributed by atoms with E-state index in [0.717, 1.165) is 4.90 Å². The molecule has 1 saturated heterocycles. The molecule has 1 fully saturated rings. The number of methoxy groups -OCH3 is 1. The Labute approximate surface area is 153 Å². The first-order chi connectivity index (χ1) is 12.4. The fourth-order valence-corrected chi connectivity index (χ4v) is 2.68. The molecule has 132 valence electrons. The third-order valence-electron chi connectivity index (χ3n) is 3.71. The number of rotatable bonds is 3. The molecule has 0 bridgehead atoms. The third kappa shape index (κ3) is 3.12. The molecule has 0 unspecified atom stereocenters. The van der Waals surface area contributed by atoms with Gasteiger partial charge in [-0.1, -0.05) is 29.8 Å². The molecule has 0 saturated carbocycles. The number of barbiturate groups is 1. The van der Waals surface area contributed by atoms with Crippen LogP contribution in [0.2, 0.25) is 5.02 Å². The van der Waals surface area contributed by atoms with Crippen LogP contribution in [0.4, 0.5) is 10.5 Å². The predicted molar refractivity (Wildman–Crippen MR) is 95.1 cm³/mol. The highest BCUT2D eigenvalue weighted by Crippen LogP contribution is 2.30. The summed E-state index contributed by atoms with van der Waals surface area (Å²) in [7, 11) is 1.38. The number of para-hydroxylation sites is 1. The van der Waals surface area contributed by atoms with Crippen LogP contribution in [0.3, 0.4) is 0 Å². The van der Waals surface area contributed by atoms with Gasteiger partial charge in [-0.25, -0.2) is 9.69 Å². The first-order valence-electron chi connectivity index (χ1n) is 7.45. The number of benzene rings is 2. The summed E-state index contributed by atoms with van der Waals surface area (Å²) in [5.74, 6) is -1.53. The number of imide groups is 2. The highest BCUT2D eigenvalue weighted by atomic mass is 35.5. The lowest BCUT2D eigenvalue weighted by Gasteiger charge is -2.27. The van der Waals surface area contributed by atoms with Crippen LogP contribution in [0.5, 0.6) is 11.5 Å². The van der Waals surface area contributed by atoms with Crippen molar-refractivity contribution in [2.24, 2.45) is 0 Å². The minimum atomic E-state index is -0.881. The smallest absolute Gasteiger partial charge is 0.335 e. The molecule has 0 spiro atoms. The zero-order chi connectivity index (χ0) is 18.8. The fourth-order valence-electron chi connectivity index (χ4n) is 2.46.